The number of nitro groups is 1. The Hall–Kier alpha value is -2.22. The van der Waals surface area contributed by atoms with Gasteiger partial charge in [0.1, 0.15) is 12.4 Å². The number of ether oxygens (including phenoxy) is 1. The van der Waals surface area contributed by atoms with Gasteiger partial charge in [0.2, 0.25) is 0 Å². The second kappa shape index (κ2) is 8.42. The number of nitrogens with zero attached hydrogens (tertiary/aromatic N) is 1. The molecule has 0 saturated carbocycles. The number of phosphoric ester groups is 1. The minimum Gasteiger partial charge on any atom is -0.458 e. The number of phosphoric acid groups is 1. The van der Waals surface area contributed by atoms with Crippen LogP contribution in [0.25, 0.3) is 0 Å². The van der Waals surface area contributed by atoms with Crippen LogP contribution in [0.3, 0.4) is 0 Å². The van der Waals surface area contributed by atoms with Gasteiger partial charge in [0.15, 0.2) is 0 Å². The highest BCUT2D eigenvalue weighted by molar-refractivity contribution is 7.48. The lowest BCUT2D eigenvalue weighted by molar-refractivity contribution is -0.384. The van der Waals surface area contributed by atoms with Crippen molar-refractivity contribution in [1.82, 2.24) is 0 Å². The van der Waals surface area contributed by atoms with Crippen molar-refractivity contribution in [2.75, 3.05) is 14.2 Å². The van der Waals surface area contributed by atoms with Gasteiger partial charge in [0.25, 0.3) is 5.69 Å². The van der Waals surface area contributed by atoms with Crippen LogP contribution in [0.15, 0.2) is 36.1 Å². The van der Waals surface area contributed by atoms with E-state index in [0.29, 0.717) is 5.56 Å². The summed E-state index contributed by atoms with van der Waals surface area (Å²) in [5, 5.41) is 10.6. The molecule has 0 saturated heterocycles. The lowest BCUT2D eigenvalue weighted by Gasteiger charge is -2.14. The monoisotopic (exact) mass is 345 g/mol. The summed E-state index contributed by atoms with van der Waals surface area (Å²) in [5.74, 6) is -0.797. The van der Waals surface area contributed by atoms with Crippen LogP contribution in [-0.2, 0) is 34.3 Å². The Morgan fingerprint density at radius 3 is 2.57 bits per heavy atom. The smallest absolute Gasteiger partial charge is 0.458 e. The van der Waals surface area contributed by atoms with Crippen molar-refractivity contribution >= 4 is 19.5 Å². The van der Waals surface area contributed by atoms with Gasteiger partial charge in [0.05, 0.1) is 11.0 Å². The zero-order chi connectivity index (χ0) is 17.5. The van der Waals surface area contributed by atoms with Gasteiger partial charge in [-0.25, -0.2) is 9.36 Å². The third-order valence-electron chi connectivity index (χ3n) is 2.53. The number of carbonyl (C=O) groups excluding carboxylic acids is 1. The van der Waals surface area contributed by atoms with Crippen molar-refractivity contribution in [3.63, 3.8) is 0 Å². The van der Waals surface area contributed by atoms with E-state index in [1.807, 2.05) is 0 Å². The molecule has 0 aliphatic carbocycles. The Labute approximate surface area is 132 Å². The molecule has 0 spiro atoms. The van der Waals surface area contributed by atoms with Crippen molar-refractivity contribution < 1.29 is 32.6 Å². The van der Waals surface area contributed by atoms with E-state index in [2.05, 4.69) is 9.05 Å². The molecule has 10 heteroatoms. The van der Waals surface area contributed by atoms with E-state index in [1.54, 1.807) is 6.07 Å². The van der Waals surface area contributed by atoms with Crippen LogP contribution >= 0.6 is 7.82 Å². The average molecular weight is 345 g/mol. The highest BCUT2D eigenvalue weighted by Gasteiger charge is 2.24. The summed E-state index contributed by atoms with van der Waals surface area (Å²) in [6, 6.07) is 5.69. The van der Waals surface area contributed by atoms with E-state index < -0.39 is 18.7 Å². The predicted molar refractivity (Wildman–Crippen MR) is 79.4 cm³/mol. The first-order valence-electron chi connectivity index (χ1n) is 6.29. The number of nitro benzene ring substituents is 1. The normalized spacial score (nSPS) is 11.9. The molecule has 0 heterocycles. The van der Waals surface area contributed by atoms with Crippen LogP contribution in [0.4, 0.5) is 5.69 Å². The molecule has 0 aromatic heterocycles. The number of allylic oxidation sites excluding steroid dienone is 1. The molecule has 0 aliphatic heterocycles. The molecule has 1 rings (SSSR count). The number of hydrogen-bond donors (Lipinski definition) is 0. The molecule has 0 N–H and O–H groups in total. The standard InChI is InChI=1S/C13H16NO8P/c1-10(22-23(18,19-2)20-3)7-13(15)21-9-11-5-4-6-12(8-11)14(16)17/h4-8H,9H2,1-3H3/b10-7+. The molecular weight excluding hydrogens is 329 g/mol. The Bertz CT molecular complexity index is 649. The average Bonchev–Trinajstić information content (AvgIpc) is 2.52. The van der Waals surface area contributed by atoms with Gasteiger partial charge >= 0.3 is 13.8 Å². The van der Waals surface area contributed by atoms with E-state index in [1.165, 1.54) is 25.1 Å². The summed E-state index contributed by atoms with van der Waals surface area (Å²) in [7, 11) is -1.46. The molecule has 0 fully saturated rings. The van der Waals surface area contributed by atoms with Gasteiger partial charge in [0, 0.05) is 26.4 Å². The van der Waals surface area contributed by atoms with Crippen molar-refractivity contribution in [3.8, 4) is 0 Å². The molecule has 1 aromatic carbocycles. The number of esters is 1. The molecule has 126 valence electrons. The van der Waals surface area contributed by atoms with Gasteiger partial charge in [-0.1, -0.05) is 12.1 Å². The fourth-order valence-corrected chi connectivity index (χ4v) is 2.18. The zero-order valence-corrected chi connectivity index (χ0v) is 13.6. The van der Waals surface area contributed by atoms with E-state index in [0.717, 1.165) is 20.3 Å². The van der Waals surface area contributed by atoms with Crippen LogP contribution < -0.4 is 0 Å². The second-order valence-electron chi connectivity index (χ2n) is 4.19. The van der Waals surface area contributed by atoms with Gasteiger partial charge in [-0.3, -0.25) is 19.2 Å². The fourth-order valence-electron chi connectivity index (χ4n) is 1.47. The first-order valence-corrected chi connectivity index (χ1v) is 7.75. The Morgan fingerprint density at radius 1 is 1.35 bits per heavy atom. The first kappa shape index (κ1) is 18.8. The van der Waals surface area contributed by atoms with Crippen LogP contribution in [0.2, 0.25) is 0 Å². The molecule has 9 nitrogen and oxygen atoms in total. The van der Waals surface area contributed by atoms with Crippen LogP contribution in [-0.4, -0.2) is 25.1 Å². The predicted octanol–water partition coefficient (Wildman–Crippen LogP) is 2.96. The number of carbonyl (C=O) groups is 1. The van der Waals surface area contributed by atoms with E-state index >= 15 is 0 Å². The molecule has 0 aliphatic rings. The van der Waals surface area contributed by atoms with Gasteiger partial charge < -0.3 is 9.26 Å². The summed E-state index contributed by atoms with van der Waals surface area (Å²) in [4.78, 5) is 21.7. The lowest BCUT2D eigenvalue weighted by atomic mass is 10.2. The van der Waals surface area contributed by atoms with E-state index in [-0.39, 0.29) is 18.1 Å². The number of benzene rings is 1. The highest BCUT2D eigenvalue weighted by Crippen LogP contribution is 2.49. The molecule has 23 heavy (non-hydrogen) atoms. The third-order valence-corrected chi connectivity index (χ3v) is 3.93. The Morgan fingerprint density at radius 2 is 2.00 bits per heavy atom. The summed E-state index contributed by atoms with van der Waals surface area (Å²) in [5.41, 5.74) is 0.355. The third kappa shape index (κ3) is 6.19. The Balaban J connectivity index is 2.63. The first-order chi connectivity index (χ1) is 10.8. The summed E-state index contributed by atoms with van der Waals surface area (Å²) in [6.07, 6.45) is 0.960. The van der Waals surface area contributed by atoms with Crippen molar-refractivity contribution in [2.45, 2.75) is 13.5 Å². The van der Waals surface area contributed by atoms with Crippen molar-refractivity contribution in [3.05, 3.63) is 51.8 Å². The number of rotatable bonds is 8. The summed E-state index contributed by atoms with van der Waals surface area (Å²) >= 11 is 0. The van der Waals surface area contributed by atoms with Gasteiger partial charge in [-0.2, -0.15) is 0 Å². The molecule has 0 amide bonds. The molecule has 0 bridgehead atoms. The van der Waals surface area contributed by atoms with E-state index in [9.17, 15) is 19.5 Å². The van der Waals surface area contributed by atoms with Crippen LogP contribution in [0, 0.1) is 10.1 Å². The van der Waals surface area contributed by atoms with Crippen LogP contribution in [0.5, 0.6) is 0 Å². The summed E-state index contributed by atoms with van der Waals surface area (Å²) in [6.45, 7) is 1.22. The highest BCUT2D eigenvalue weighted by atomic mass is 31.2. The molecule has 0 atom stereocenters. The van der Waals surface area contributed by atoms with Gasteiger partial charge in [-0.15, -0.1) is 0 Å². The maximum absolute atomic E-state index is 11.7. The quantitative estimate of drug-likeness (QED) is 0.176. The van der Waals surface area contributed by atoms with Crippen molar-refractivity contribution in [1.29, 1.82) is 0 Å². The fraction of sp³-hybridized carbons (Fsp3) is 0.308. The van der Waals surface area contributed by atoms with E-state index in [4.69, 9.17) is 9.26 Å². The number of non-ortho nitro benzene ring substituents is 1. The Kier molecular flexibility index (Phi) is 6.89. The molecule has 1 aromatic rings. The maximum Gasteiger partial charge on any atom is 0.529 e. The molecular formula is C13H16NO8P. The zero-order valence-electron chi connectivity index (χ0n) is 12.8. The lowest BCUT2D eigenvalue weighted by Crippen LogP contribution is -2.03. The largest absolute Gasteiger partial charge is 0.529 e. The maximum atomic E-state index is 11.7. The number of hydrogen-bond acceptors (Lipinski definition) is 8. The molecule has 0 radical (unpaired) electrons. The molecule has 0 unspecified atom stereocenters. The minimum atomic E-state index is -3.74. The van der Waals surface area contributed by atoms with Gasteiger partial charge in [-0.05, 0) is 12.5 Å². The second-order valence-corrected chi connectivity index (χ2v) is 6.00. The SMILES string of the molecule is COP(=O)(OC)O/C(C)=C/C(=O)OCc1cccc([N+](=O)[O-])c1. The summed E-state index contributed by atoms with van der Waals surface area (Å²) < 4.78 is 30.6. The topological polar surface area (TPSA) is 114 Å². The minimum absolute atomic E-state index is 0.0268. The van der Waals surface area contributed by atoms with Crippen LogP contribution in [0.1, 0.15) is 12.5 Å². The van der Waals surface area contributed by atoms with Crippen molar-refractivity contribution in [2.24, 2.45) is 0 Å².